The Morgan fingerprint density at radius 3 is 3.00 bits per heavy atom. The van der Waals surface area contributed by atoms with Crippen LogP contribution in [0.3, 0.4) is 0 Å². The summed E-state index contributed by atoms with van der Waals surface area (Å²) in [6.07, 6.45) is 0. The van der Waals surface area contributed by atoms with E-state index in [0.717, 1.165) is 0 Å². The minimum absolute atomic E-state index is 0.0322. The molecular formula is C10H10ClN3O2. The molecule has 0 aliphatic rings. The largest absolute Gasteiger partial charge is 0.508 e. The first-order valence-corrected chi connectivity index (χ1v) is 5.05. The highest BCUT2D eigenvalue weighted by Gasteiger charge is 2.08. The molecule has 2 N–H and O–H groups in total. The van der Waals surface area contributed by atoms with E-state index >= 15 is 0 Å². The van der Waals surface area contributed by atoms with Crippen molar-refractivity contribution in [3.05, 3.63) is 33.8 Å². The maximum atomic E-state index is 12.0. The second-order valence-corrected chi connectivity index (χ2v) is 3.67. The SMILES string of the molecule is CNCn1c(Cl)nc2ccc(O)cc2c1=O. The average Bonchev–Trinajstić information content (AvgIpc) is 2.26. The Bertz CT molecular complexity index is 594. The van der Waals surface area contributed by atoms with E-state index < -0.39 is 0 Å². The van der Waals surface area contributed by atoms with Crippen molar-refractivity contribution < 1.29 is 5.11 Å². The molecule has 2 aromatic rings. The number of fused-ring (bicyclic) bond motifs is 1. The Labute approximate surface area is 96.3 Å². The summed E-state index contributed by atoms with van der Waals surface area (Å²) in [6, 6.07) is 4.41. The van der Waals surface area contributed by atoms with E-state index in [1.165, 1.54) is 16.7 Å². The lowest BCUT2D eigenvalue weighted by Crippen LogP contribution is -2.27. The number of hydrogen-bond acceptors (Lipinski definition) is 4. The standard InChI is InChI=1S/C10H10ClN3O2/c1-12-5-14-9(16)7-4-6(15)2-3-8(7)13-10(14)11/h2-4,12,15H,5H2,1H3. The molecule has 84 valence electrons. The smallest absolute Gasteiger partial charge is 0.263 e. The van der Waals surface area contributed by atoms with Crippen molar-refractivity contribution in [3.63, 3.8) is 0 Å². The molecule has 0 fully saturated rings. The normalized spacial score (nSPS) is 10.9. The van der Waals surface area contributed by atoms with Crippen molar-refractivity contribution >= 4 is 22.5 Å². The maximum absolute atomic E-state index is 12.0. The number of aromatic hydroxyl groups is 1. The van der Waals surface area contributed by atoms with E-state index in [1.54, 1.807) is 13.1 Å². The molecule has 0 unspecified atom stereocenters. The van der Waals surface area contributed by atoms with E-state index in [2.05, 4.69) is 10.3 Å². The molecule has 0 radical (unpaired) electrons. The minimum atomic E-state index is -0.278. The zero-order valence-corrected chi connectivity index (χ0v) is 9.32. The fourth-order valence-electron chi connectivity index (χ4n) is 1.48. The zero-order chi connectivity index (χ0) is 11.7. The first-order valence-electron chi connectivity index (χ1n) is 4.67. The third-order valence-electron chi connectivity index (χ3n) is 2.21. The van der Waals surface area contributed by atoms with Gasteiger partial charge in [0.2, 0.25) is 5.28 Å². The topological polar surface area (TPSA) is 67.2 Å². The van der Waals surface area contributed by atoms with Gasteiger partial charge in [-0.2, -0.15) is 0 Å². The van der Waals surface area contributed by atoms with Crippen LogP contribution in [0.2, 0.25) is 5.28 Å². The van der Waals surface area contributed by atoms with Gasteiger partial charge in [0, 0.05) is 0 Å². The lowest BCUT2D eigenvalue weighted by atomic mass is 10.2. The summed E-state index contributed by atoms with van der Waals surface area (Å²) in [5.74, 6) is 0.0322. The van der Waals surface area contributed by atoms with Crippen LogP contribution in [0.1, 0.15) is 0 Å². The van der Waals surface area contributed by atoms with E-state index in [0.29, 0.717) is 10.9 Å². The molecule has 0 amide bonds. The van der Waals surface area contributed by atoms with E-state index in [9.17, 15) is 9.90 Å². The van der Waals surface area contributed by atoms with Crippen LogP contribution in [-0.4, -0.2) is 21.7 Å². The van der Waals surface area contributed by atoms with Crippen LogP contribution in [0.5, 0.6) is 5.75 Å². The number of nitrogens with one attached hydrogen (secondary N) is 1. The van der Waals surface area contributed by atoms with Crippen molar-refractivity contribution in [1.82, 2.24) is 14.9 Å². The van der Waals surface area contributed by atoms with Crippen LogP contribution in [-0.2, 0) is 6.67 Å². The number of phenols is 1. The third kappa shape index (κ3) is 1.75. The Morgan fingerprint density at radius 1 is 1.56 bits per heavy atom. The number of nitrogens with zero attached hydrogens (tertiary/aromatic N) is 2. The first kappa shape index (κ1) is 10.9. The Hall–Kier alpha value is -1.59. The molecule has 5 nitrogen and oxygen atoms in total. The molecule has 2 rings (SSSR count). The summed E-state index contributed by atoms with van der Waals surface area (Å²) in [4.78, 5) is 16.1. The van der Waals surface area contributed by atoms with Crippen LogP contribution in [0, 0.1) is 0 Å². The van der Waals surface area contributed by atoms with Crippen LogP contribution >= 0.6 is 11.6 Å². The summed E-state index contributed by atoms with van der Waals surface area (Å²) in [5, 5.41) is 12.6. The summed E-state index contributed by atoms with van der Waals surface area (Å²) in [7, 11) is 1.70. The lowest BCUT2D eigenvalue weighted by molar-refractivity contribution is 0.476. The van der Waals surface area contributed by atoms with Crippen molar-refractivity contribution in [2.24, 2.45) is 0 Å². The molecule has 0 spiro atoms. The molecule has 0 saturated heterocycles. The number of benzene rings is 1. The Kier molecular flexibility index (Phi) is 2.80. The molecule has 0 bridgehead atoms. The number of aromatic nitrogens is 2. The summed E-state index contributed by atoms with van der Waals surface area (Å²) < 4.78 is 1.29. The molecule has 0 atom stereocenters. The molecule has 1 heterocycles. The summed E-state index contributed by atoms with van der Waals surface area (Å²) >= 11 is 5.88. The van der Waals surface area contributed by atoms with Crippen LogP contribution < -0.4 is 10.9 Å². The number of rotatable bonds is 2. The van der Waals surface area contributed by atoms with Crippen LogP contribution in [0.4, 0.5) is 0 Å². The van der Waals surface area contributed by atoms with Crippen LogP contribution in [0.25, 0.3) is 10.9 Å². The quantitative estimate of drug-likeness (QED) is 0.766. The molecule has 6 heteroatoms. The first-order chi connectivity index (χ1) is 7.63. The minimum Gasteiger partial charge on any atom is -0.508 e. The summed E-state index contributed by atoms with van der Waals surface area (Å²) in [6.45, 7) is 0.274. The van der Waals surface area contributed by atoms with E-state index in [-0.39, 0.29) is 23.3 Å². The van der Waals surface area contributed by atoms with Gasteiger partial charge in [0.05, 0.1) is 17.6 Å². The maximum Gasteiger partial charge on any atom is 0.263 e. The predicted molar refractivity (Wildman–Crippen MR) is 61.7 cm³/mol. The van der Waals surface area contributed by atoms with Gasteiger partial charge in [-0.3, -0.25) is 9.36 Å². The number of phenolic OH excluding ortho intramolecular Hbond substituents is 1. The van der Waals surface area contributed by atoms with Crippen molar-refractivity contribution in [2.45, 2.75) is 6.67 Å². The van der Waals surface area contributed by atoms with Crippen molar-refractivity contribution in [1.29, 1.82) is 0 Å². The highest BCUT2D eigenvalue weighted by molar-refractivity contribution is 6.28. The van der Waals surface area contributed by atoms with Crippen molar-refractivity contribution in [2.75, 3.05) is 7.05 Å². The van der Waals surface area contributed by atoms with E-state index in [1.807, 2.05) is 0 Å². The fourth-order valence-corrected chi connectivity index (χ4v) is 1.70. The lowest BCUT2D eigenvalue weighted by Gasteiger charge is -2.08. The van der Waals surface area contributed by atoms with Gasteiger partial charge in [0.1, 0.15) is 5.75 Å². The Balaban J connectivity index is 2.80. The molecule has 0 aliphatic carbocycles. The highest BCUT2D eigenvalue weighted by atomic mass is 35.5. The highest BCUT2D eigenvalue weighted by Crippen LogP contribution is 2.16. The summed E-state index contributed by atoms with van der Waals surface area (Å²) in [5.41, 5.74) is 0.195. The van der Waals surface area contributed by atoms with Gasteiger partial charge in [-0.15, -0.1) is 0 Å². The second-order valence-electron chi connectivity index (χ2n) is 3.33. The van der Waals surface area contributed by atoms with Crippen molar-refractivity contribution in [3.8, 4) is 5.75 Å². The van der Waals surface area contributed by atoms with Gasteiger partial charge in [0.15, 0.2) is 0 Å². The second kappa shape index (κ2) is 4.11. The number of hydrogen-bond donors (Lipinski definition) is 2. The average molecular weight is 240 g/mol. The predicted octanol–water partition coefficient (Wildman–Crippen LogP) is 0.932. The van der Waals surface area contributed by atoms with Gasteiger partial charge in [-0.05, 0) is 36.8 Å². The fraction of sp³-hybridized carbons (Fsp3) is 0.200. The monoisotopic (exact) mass is 239 g/mol. The van der Waals surface area contributed by atoms with Gasteiger partial charge < -0.3 is 10.4 Å². The van der Waals surface area contributed by atoms with Gasteiger partial charge in [-0.25, -0.2) is 4.98 Å². The molecule has 16 heavy (non-hydrogen) atoms. The van der Waals surface area contributed by atoms with Gasteiger partial charge >= 0.3 is 0 Å². The number of halogens is 1. The molecule has 1 aromatic heterocycles. The zero-order valence-electron chi connectivity index (χ0n) is 8.57. The Morgan fingerprint density at radius 2 is 2.31 bits per heavy atom. The van der Waals surface area contributed by atoms with Crippen LogP contribution in [0.15, 0.2) is 23.0 Å². The molecule has 1 aromatic carbocycles. The van der Waals surface area contributed by atoms with Gasteiger partial charge in [0.25, 0.3) is 5.56 Å². The van der Waals surface area contributed by atoms with Gasteiger partial charge in [-0.1, -0.05) is 0 Å². The molecular weight excluding hydrogens is 230 g/mol. The molecule has 0 saturated carbocycles. The van der Waals surface area contributed by atoms with E-state index in [4.69, 9.17) is 11.6 Å². The third-order valence-corrected chi connectivity index (χ3v) is 2.50. The molecule has 0 aliphatic heterocycles.